The molecule has 5 rings (SSSR count). The monoisotopic (exact) mass is 582 g/mol. The van der Waals surface area contributed by atoms with Crippen LogP contribution in [0.2, 0.25) is 0 Å². The van der Waals surface area contributed by atoms with Gasteiger partial charge >= 0.3 is 0 Å². The number of anilines is 1. The summed E-state index contributed by atoms with van der Waals surface area (Å²) in [4.78, 5) is 40.0. The molecule has 43 heavy (non-hydrogen) atoms. The van der Waals surface area contributed by atoms with Gasteiger partial charge in [0.25, 0.3) is 11.8 Å². The fourth-order valence-electron chi connectivity index (χ4n) is 4.35. The van der Waals surface area contributed by atoms with E-state index >= 15 is 0 Å². The molecule has 0 heterocycles. The maximum Gasteiger partial charge on any atom is 0.272 e. The minimum atomic E-state index is -0.457. The maximum absolute atomic E-state index is 13.4. The van der Waals surface area contributed by atoms with E-state index in [1.54, 1.807) is 36.4 Å². The number of benzene rings is 5. The number of hydrogen-bond donors (Lipinski definition) is 2. The standard InChI is InChI=1S/C37H30N2O3S/c1-26-15-17-27(18-16-26)23-34(39-36(41)31-11-6-3-7-12-31)37(42)38-32-13-8-14-33(24-32)43-25-35(40)30-21-19-29(20-22-30)28-9-4-2-5-10-28/h2-24H,25H2,1H3,(H,38,42)(H,39,41)/b34-23-. The third-order valence-electron chi connectivity index (χ3n) is 6.69. The van der Waals surface area contributed by atoms with Crippen molar-refractivity contribution in [3.63, 3.8) is 0 Å². The van der Waals surface area contributed by atoms with E-state index in [2.05, 4.69) is 10.6 Å². The van der Waals surface area contributed by atoms with Gasteiger partial charge in [-0.15, -0.1) is 11.8 Å². The Morgan fingerprint density at radius 3 is 2.02 bits per heavy atom. The second kappa shape index (κ2) is 14.1. The van der Waals surface area contributed by atoms with Crippen LogP contribution < -0.4 is 10.6 Å². The van der Waals surface area contributed by atoms with Crippen LogP contribution in [0.25, 0.3) is 17.2 Å². The number of aryl methyl sites for hydroxylation is 1. The first-order valence-corrected chi connectivity index (χ1v) is 14.8. The molecule has 0 radical (unpaired) electrons. The highest BCUT2D eigenvalue weighted by molar-refractivity contribution is 8.00. The van der Waals surface area contributed by atoms with E-state index in [0.717, 1.165) is 27.1 Å². The van der Waals surface area contributed by atoms with E-state index in [0.29, 0.717) is 16.8 Å². The van der Waals surface area contributed by atoms with Crippen LogP contribution in [0.3, 0.4) is 0 Å². The molecule has 212 valence electrons. The molecule has 2 N–H and O–H groups in total. The molecule has 0 fully saturated rings. The molecule has 0 aliphatic rings. The van der Waals surface area contributed by atoms with Crippen molar-refractivity contribution in [1.29, 1.82) is 0 Å². The summed E-state index contributed by atoms with van der Waals surface area (Å²) in [6, 6.07) is 41.4. The Labute approximate surface area is 255 Å². The number of carbonyl (C=O) groups is 3. The Balaban J connectivity index is 1.25. The summed E-state index contributed by atoms with van der Waals surface area (Å²) in [6.45, 7) is 1.98. The Morgan fingerprint density at radius 2 is 1.33 bits per heavy atom. The third kappa shape index (κ3) is 8.18. The number of Topliss-reactive ketones (excluding diaryl/α,β-unsaturated/α-hetero) is 1. The number of nitrogens with one attached hydrogen (secondary N) is 2. The first-order chi connectivity index (χ1) is 20.9. The molecule has 0 saturated carbocycles. The lowest BCUT2D eigenvalue weighted by atomic mass is 10.0. The van der Waals surface area contributed by atoms with Gasteiger partial charge in [0.05, 0.1) is 5.75 Å². The van der Waals surface area contributed by atoms with Crippen molar-refractivity contribution in [2.45, 2.75) is 11.8 Å². The second-order valence-corrected chi connectivity index (χ2v) is 11.0. The summed E-state index contributed by atoms with van der Waals surface area (Å²) in [7, 11) is 0. The van der Waals surface area contributed by atoms with Crippen molar-refractivity contribution >= 4 is 41.1 Å². The number of rotatable bonds is 10. The van der Waals surface area contributed by atoms with E-state index in [-0.39, 0.29) is 23.1 Å². The molecule has 6 heteroatoms. The molecule has 0 aliphatic heterocycles. The molecule has 0 unspecified atom stereocenters. The normalized spacial score (nSPS) is 11.0. The van der Waals surface area contributed by atoms with Crippen molar-refractivity contribution in [3.8, 4) is 11.1 Å². The first kappa shape index (κ1) is 29.3. The fourth-order valence-corrected chi connectivity index (χ4v) is 5.19. The van der Waals surface area contributed by atoms with Gasteiger partial charge in [0.2, 0.25) is 0 Å². The zero-order valence-electron chi connectivity index (χ0n) is 23.6. The smallest absolute Gasteiger partial charge is 0.272 e. The summed E-state index contributed by atoms with van der Waals surface area (Å²) in [5.74, 6) is -0.560. The van der Waals surface area contributed by atoms with Gasteiger partial charge in [0, 0.05) is 21.7 Å². The topological polar surface area (TPSA) is 75.3 Å². The van der Waals surface area contributed by atoms with E-state index < -0.39 is 5.91 Å². The molecular weight excluding hydrogens is 552 g/mol. The van der Waals surface area contributed by atoms with Gasteiger partial charge in [-0.05, 0) is 60.0 Å². The number of thioether (sulfide) groups is 1. The summed E-state index contributed by atoms with van der Waals surface area (Å²) < 4.78 is 0. The van der Waals surface area contributed by atoms with Crippen LogP contribution in [0, 0.1) is 6.92 Å². The molecule has 5 aromatic rings. The van der Waals surface area contributed by atoms with Crippen molar-refractivity contribution in [3.05, 3.63) is 161 Å². The second-order valence-electron chi connectivity index (χ2n) is 9.93. The van der Waals surface area contributed by atoms with E-state index in [1.165, 1.54) is 11.8 Å². The molecule has 0 bridgehead atoms. The molecule has 5 aromatic carbocycles. The quantitative estimate of drug-likeness (QED) is 0.0993. The Bertz CT molecular complexity index is 1750. The average molecular weight is 583 g/mol. The van der Waals surface area contributed by atoms with Crippen molar-refractivity contribution in [2.75, 3.05) is 11.1 Å². The Morgan fingerprint density at radius 1 is 0.674 bits per heavy atom. The van der Waals surface area contributed by atoms with Gasteiger partial charge in [-0.25, -0.2) is 0 Å². The molecule has 0 atom stereocenters. The fraction of sp³-hybridized carbons (Fsp3) is 0.0541. The van der Waals surface area contributed by atoms with E-state index in [4.69, 9.17) is 0 Å². The lowest BCUT2D eigenvalue weighted by Crippen LogP contribution is -2.30. The maximum atomic E-state index is 13.4. The van der Waals surface area contributed by atoms with E-state index in [9.17, 15) is 14.4 Å². The average Bonchev–Trinajstić information content (AvgIpc) is 3.05. The van der Waals surface area contributed by atoms with Crippen LogP contribution in [-0.4, -0.2) is 23.4 Å². The molecule has 0 saturated heterocycles. The molecule has 0 aliphatic carbocycles. The van der Waals surface area contributed by atoms with Crippen LogP contribution in [0.1, 0.15) is 31.8 Å². The van der Waals surface area contributed by atoms with Gasteiger partial charge in [0.15, 0.2) is 5.78 Å². The van der Waals surface area contributed by atoms with Crippen LogP contribution in [-0.2, 0) is 4.79 Å². The zero-order valence-corrected chi connectivity index (χ0v) is 24.4. The van der Waals surface area contributed by atoms with Gasteiger partial charge in [0.1, 0.15) is 5.70 Å². The van der Waals surface area contributed by atoms with Crippen molar-refractivity contribution < 1.29 is 14.4 Å². The lowest BCUT2D eigenvalue weighted by molar-refractivity contribution is -0.113. The first-order valence-electron chi connectivity index (χ1n) is 13.8. The van der Waals surface area contributed by atoms with Crippen molar-refractivity contribution in [1.82, 2.24) is 5.32 Å². The number of ketones is 1. The van der Waals surface area contributed by atoms with Gasteiger partial charge in [-0.2, -0.15) is 0 Å². The Hall–Kier alpha value is -5.20. The molecule has 0 spiro atoms. The lowest BCUT2D eigenvalue weighted by Gasteiger charge is -2.12. The predicted octanol–water partition coefficient (Wildman–Crippen LogP) is 8.05. The number of hydrogen-bond acceptors (Lipinski definition) is 4. The summed E-state index contributed by atoms with van der Waals surface area (Å²) >= 11 is 1.40. The van der Waals surface area contributed by atoms with Gasteiger partial charge in [-0.1, -0.05) is 109 Å². The SMILES string of the molecule is Cc1ccc(/C=C(\NC(=O)c2ccccc2)C(=O)Nc2cccc(SCC(=O)c3ccc(-c4ccccc4)cc3)c2)cc1. The van der Waals surface area contributed by atoms with Crippen LogP contribution in [0.15, 0.2) is 144 Å². The number of amides is 2. The highest BCUT2D eigenvalue weighted by Gasteiger charge is 2.16. The van der Waals surface area contributed by atoms with Crippen LogP contribution in [0.4, 0.5) is 5.69 Å². The van der Waals surface area contributed by atoms with Crippen molar-refractivity contribution in [2.24, 2.45) is 0 Å². The number of carbonyl (C=O) groups excluding carboxylic acids is 3. The van der Waals surface area contributed by atoms with E-state index in [1.807, 2.05) is 110 Å². The highest BCUT2D eigenvalue weighted by atomic mass is 32.2. The summed E-state index contributed by atoms with van der Waals surface area (Å²) in [5.41, 5.74) is 5.80. The Kier molecular flexibility index (Phi) is 9.62. The summed E-state index contributed by atoms with van der Waals surface area (Å²) in [6.07, 6.45) is 1.65. The van der Waals surface area contributed by atoms with Gasteiger partial charge < -0.3 is 10.6 Å². The predicted molar refractivity (Wildman–Crippen MR) is 175 cm³/mol. The molecule has 2 amide bonds. The molecule has 5 nitrogen and oxygen atoms in total. The minimum Gasteiger partial charge on any atom is -0.321 e. The summed E-state index contributed by atoms with van der Waals surface area (Å²) in [5, 5.41) is 5.66. The minimum absolute atomic E-state index is 0.0194. The van der Waals surface area contributed by atoms with Crippen LogP contribution in [0.5, 0.6) is 0 Å². The third-order valence-corrected chi connectivity index (χ3v) is 7.69. The largest absolute Gasteiger partial charge is 0.321 e. The molecule has 0 aromatic heterocycles. The van der Waals surface area contributed by atoms with Gasteiger partial charge in [-0.3, -0.25) is 14.4 Å². The van der Waals surface area contributed by atoms with Crippen LogP contribution >= 0.6 is 11.8 Å². The zero-order chi connectivity index (χ0) is 30.0. The molecular formula is C37H30N2O3S. The highest BCUT2D eigenvalue weighted by Crippen LogP contribution is 2.24.